The van der Waals surface area contributed by atoms with Gasteiger partial charge in [0.2, 0.25) is 0 Å². The van der Waals surface area contributed by atoms with Crippen LogP contribution in [0.1, 0.15) is 26.3 Å². The third-order valence-corrected chi connectivity index (χ3v) is 3.24. The fraction of sp³-hybridized carbons (Fsp3) is 0.267. The summed E-state index contributed by atoms with van der Waals surface area (Å²) in [6.07, 6.45) is 7.37. The van der Waals surface area contributed by atoms with Crippen molar-refractivity contribution >= 4 is 5.52 Å². The van der Waals surface area contributed by atoms with E-state index in [0.29, 0.717) is 5.56 Å². The number of hydrogen-bond donors (Lipinski definition) is 0. The lowest BCUT2D eigenvalue weighted by Gasteiger charge is -2.18. The van der Waals surface area contributed by atoms with E-state index >= 15 is 0 Å². The van der Waals surface area contributed by atoms with E-state index in [9.17, 15) is 0 Å². The largest absolute Gasteiger partial charge is 0.267 e. The maximum atomic E-state index is 8.99. The second-order valence-corrected chi connectivity index (χ2v) is 5.76. The van der Waals surface area contributed by atoms with Crippen LogP contribution in [0.5, 0.6) is 0 Å². The number of nitriles is 1. The molecule has 5 heteroatoms. The molecule has 0 aliphatic heterocycles. The maximum Gasteiger partial charge on any atom is 0.103 e. The van der Waals surface area contributed by atoms with E-state index in [1.54, 1.807) is 10.7 Å². The van der Waals surface area contributed by atoms with Crippen LogP contribution in [0.15, 0.2) is 36.9 Å². The molecule has 3 rings (SSSR count). The summed E-state index contributed by atoms with van der Waals surface area (Å²) in [6, 6.07) is 6.03. The summed E-state index contributed by atoms with van der Waals surface area (Å²) in [5, 5.41) is 17.6. The van der Waals surface area contributed by atoms with Crippen LogP contribution in [0.25, 0.3) is 16.6 Å². The highest BCUT2D eigenvalue weighted by molar-refractivity contribution is 5.67. The Morgan fingerprint density at radius 2 is 1.85 bits per heavy atom. The predicted molar refractivity (Wildman–Crippen MR) is 76.1 cm³/mol. The van der Waals surface area contributed by atoms with Crippen molar-refractivity contribution in [1.29, 1.82) is 5.26 Å². The summed E-state index contributed by atoms with van der Waals surface area (Å²) >= 11 is 0. The van der Waals surface area contributed by atoms with Gasteiger partial charge in [-0.25, -0.2) is 4.52 Å². The maximum absolute atomic E-state index is 8.99. The molecule has 0 saturated heterocycles. The molecule has 20 heavy (non-hydrogen) atoms. The van der Waals surface area contributed by atoms with Gasteiger partial charge in [0.05, 0.1) is 29.0 Å². The Morgan fingerprint density at radius 3 is 2.50 bits per heavy atom. The van der Waals surface area contributed by atoms with Crippen LogP contribution >= 0.6 is 0 Å². The summed E-state index contributed by atoms with van der Waals surface area (Å²) in [5.41, 5.74) is 3.43. The molecule has 5 nitrogen and oxygen atoms in total. The number of fused-ring (bicyclic) bond motifs is 1. The predicted octanol–water partition coefficient (Wildman–Crippen LogP) is 2.82. The van der Waals surface area contributed by atoms with Gasteiger partial charge in [0.25, 0.3) is 0 Å². The molecule has 0 spiro atoms. The first-order valence-corrected chi connectivity index (χ1v) is 6.42. The number of hydrogen-bond acceptors (Lipinski definition) is 3. The van der Waals surface area contributed by atoms with E-state index in [-0.39, 0.29) is 5.54 Å². The summed E-state index contributed by atoms with van der Waals surface area (Å²) < 4.78 is 3.67. The fourth-order valence-corrected chi connectivity index (χ4v) is 2.08. The Hall–Kier alpha value is -2.61. The van der Waals surface area contributed by atoms with Crippen LogP contribution < -0.4 is 0 Å². The average molecular weight is 265 g/mol. The zero-order chi connectivity index (χ0) is 14.3. The first kappa shape index (κ1) is 12.4. The summed E-state index contributed by atoms with van der Waals surface area (Å²) in [6.45, 7) is 6.33. The van der Waals surface area contributed by atoms with Gasteiger partial charge in [-0.3, -0.25) is 4.68 Å². The average Bonchev–Trinajstić information content (AvgIpc) is 3.04. The summed E-state index contributed by atoms with van der Waals surface area (Å²) in [7, 11) is 0. The van der Waals surface area contributed by atoms with Gasteiger partial charge in [0.15, 0.2) is 0 Å². The summed E-state index contributed by atoms with van der Waals surface area (Å²) in [4.78, 5) is 0. The van der Waals surface area contributed by atoms with E-state index in [1.807, 2.05) is 35.4 Å². The van der Waals surface area contributed by atoms with Crippen molar-refractivity contribution in [2.45, 2.75) is 26.3 Å². The van der Waals surface area contributed by atoms with Gasteiger partial charge in [0, 0.05) is 23.5 Å². The quantitative estimate of drug-likeness (QED) is 0.679. The monoisotopic (exact) mass is 265 g/mol. The fourth-order valence-electron chi connectivity index (χ4n) is 2.08. The van der Waals surface area contributed by atoms with E-state index < -0.39 is 0 Å². The number of rotatable bonds is 1. The Morgan fingerprint density at radius 1 is 1.05 bits per heavy atom. The third-order valence-electron chi connectivity index (χ3n) is 3.24. The van der Waals surface area contributed by atoms with Crippen LogP contribution in [0, 0.1) is 11.3 Å². The van der Waals surface area contributed by atoms with Crippen molar-refractivity contribution in [3.63, 3.8) is 0 Å². The molecule has 0 N–H and O–H groups in total. The van der Waals surface area contributed by atoms with Gasteiger partial charge in [-0.15, -0.1) is 0 Å². The van der Waals surface area contributed by atoms with Crippen molar-refractivity contribution in [2.24, 2.45) is 0 Å². The molecule has 0 aliphatic carbocycles. The van der Waals surface area contributed by atoms with Crippen molar-refractivity contribution in [3.05, 3.63) is 42.5 Å². The van der Waals surface area contributed by atoms with Gasteiger partial charge in [-0.05, 0) is 26.8 Å². The van der Waals surface area contributed by atoms with Crippen molar-refractivity contribution in [1.82, 2.24) is 19.4 Å². The van der Waals surface area contributed by atoms with Crippen LogP contribution in [0.3, 0.4) is 0 Å². The minimum atomic E-state index is -0.0397. The highest BCUT2D eigenvalue weighted by Crippen LogP contribution is 2.23. The van der Waals surface area contributed by atoms with Crippen molar-refractivity contribution in [3.8, 4) is 17.2 Å². The van der Waals surface area contributed by atoms with E-state index in [0.717, 1.165) is 16.6 Å². The molecule has 0 atom stereocenters. The van der Waals surface area contributed by atoms with Crippen LogP contribution in [0.2, 0.25) is 0 Å². The minimum Gasteiger partial charge on any atom is -0.267 e. The number of aromatic nitrogens is 4. The topological polar surface area (TPSA) is 58.9 Å². The lowest BCUT2D eigenvalue weighted by atomic mass is 10.1. The third kappa shape index (κ3) is 1.95. The van der Waals surface area contributed by atoms with Crippen molar-refractivity contribution in [2.75, 3.05) is 0 Å². The van der Waals surface area contributed by atoms with Crippen molar-refractivity contribution < 1.29 is 0 Å². The molecule has 0 saturated carbocycles. The molecule has 3 heterocycles. The second-order valence-electron chi connectivity index (χ2n) is 5.76. The Kier molecular flexibility index (Phi) is 2.61. The Labute approximate surface area is 117 Å². The molecule has 3 aromatic heterocycles. The zero-order valence-corrected chi connectivity index (χ0v) is 11.7. The van der Waals surface area contributed by atoms with E-state index in [4.69, 9.17) is 5.26 Å². The molecule has 0 radical (unpaired) electrons. The lowest BCUT2D eigenvalue weighted by Crippen LogP contribution is -2.21. The van der Waals surface area contributed by atoms with Gasteiger partial charge < -0.3 is 0 Å². The van der Waals surface area contributed by atoms with Gasteiger partial charge in [0.1, 0.15) is 6.07 Å². The number of pyridine rings is 1. The van der Waals surface area contributed by atoms with Crippen LogP contribution in [0.4, 0.5) is 0 Å². The summed E-state index contributed by atoms with van der Waals surface area (Å²) in [5.74, 6) is 0. The highest BCUT2D eigenvalue weighted by atomic mass is 15.3. The smallest absolute Gasteiger partial charge is 0.103 e. The number of nitrogens with zero attached hydrogens (tertiary/aromatic N) is 5. The van der Waals surface area contributed by atoms with Gasteiger partial charge >= 0.3 is 0 Å². The lowest BCUT2D eigenvalue weighted by molar-refractivity contribution is 0.355. The molecule has 0 amide bonds. The molecule has 0 fully saturated rings. The molecule has 0 aromatic carbocycles. The first-order valence-electron chi connectivity index (χ1n) is 6.42. The van der Waals surface area contributed by atoms with E-state index in [1.165, 1.54) is 0 Å². The SMILES string of the molecule is CC(C)(C)n1cc(-c2ccc3c(C#N)cnn3c2)cn1. The minimum absolute atomic E-state index is 0.0397. The molecule has 0 aliphatic rings. The van der Waals surface area contributed by atoms with Gasteiger partial charge in [-0.1, -0.05) is 6.07 Å². The van der Waals surface area contributed by atoms with Crippen LogP contribution in [-0.2, 0) is 5.54 Å². The molecule has 3 aromatic rings. The Bertz CT molecular complexity index is 811. The van der Waals surface area contributed by atoms with Crippen LogP contribution in [-0.4, -0.2) is 19.4 Å². The molecule has 0 unspecified atom stereocenters. The highest BCUT2D eigenvalue weighted by Gasteiger charge is 2.15. The van der Waals surface area contributed by atoms with Gasteiger partial charge in [-0.2, -0.15) is 15.5 Å². The van der Waals surface area contributed by atoms with E-state index in [2.05, 4.69) is 37.0 Å². The second kappa shape index (κ2) is 4.20. The molecular formula is C15H15N5. The standard InChI is InChI=1S/C15H15N5/c1-15(2,3)20-10-13(8-18-20)11-4-5-14-12(6-16)7-17-19(14)9-11/h4-5,7-10H,1-3H3. The Balaban J connectivity index is 2.07. The molecular weight excluding hydrogens is 250 g/mol. The molecule has 0 bridgehead atoms. The normalized spacial score (nSPS) is 11.7. The first-order chi connectivity index (χ1) is 9.49. The molecule has 100 valence electrons. The zero-order valence-electron chi connectivity index (χ0n) is 11.7.